The number of anilines is 1. The van der Waals surface area contributed by atoms with Gasteiger partial charge in [-0.25, -0.2) is 13.4 Å². The van der Waals surface area contributed by atoms with Gasteiger partial charge >= 0.3 is 0 Å². The quantitative estimate of drug-likeness (QED) is 0.605. The molecule has 5 rings (SSSR count). The standard InChI is InChI=1S/C24H30N6O4S/c31-23(18-27-12-14-28(15-13-27)24(32)21-17-25-7-8-26-21)30-11-6-19-16-20(4-5-22(19)30)35(33,34)29-9-2-1-3-10-29/h4-5,7-8,16-17H,1-3,6,9-15,18H2. The molecule has 1 aromatic heterocycles. The molecule has 2 saturated heterocycles. The molecule has 0 radical (unpaired) electrons. The highest BCUT2D eigenvalue weighted by Crippen LogP contribution is 2.32. The molecule has 10 nitrogen and oxygen atoms in total. The number of sulfonamides is 1. The Bertz CT molecular complexity index is 1190. The number of amides is 2. The molecule has 0 N–H and O–H groups in total. The summed E-state index contributed by atoms with van der Waals surface area (Å²) in [4.78, 5) is 39.5. The Kier molecular flexibility index (Phi) is 6.81. The molecule has 0 spiro atoms. The van der Waals surface area contributed by atoms with Crippen LogP contribution >= 0.6 is 0 Å². The van der Waals surface area contributed by atoms with Gasteiger partial charge in [0.1, 0.15) is 5.69 Å². The van der Waals surface area contributed by atoms with Gasteiger partial charge in [0.2, 0.25) is 15.9 Å². The number of fused-ring (bicyclic) bond motifs is 1. The summed E-state index contributed by atoms with van der Waals surface area (Å²) >= 11 is 0. The van der Waals surface area contributed by atoms with Crippen molar-refractivity contribution in [1.29, 1.82) is 0 Å². The zero-order chi connectivity index (χ0) is 24.4. The number of carbonyl (C=O) groups excluding carboxylic acids is 2. The second-order valence-corrected chi connectivity index (χ2v) is 11.1. The fourth-order valence-corrected chi connectivity index (χ4v) is 6.58. The molecule has 2 aromatic rings. The Labute approximate surface area is 205 Å². The molecule has 2 amide bonds. The highest BCUT2D eigenvalue weighted by atomic mass is 32.2. The minimum absolute atomic E-state index is 0.0101. The maximum atomic E-state index is 13.1. The molecular weight excluding hydrogens is 468 g/mol. The third-order valence-electron chi connectivity index (χ3n) is 7.00. The summed E-state index contributed by atoms with van der Waals surface area (Å²) in [6.07, 6.45) is 8.01. The fraction of sp³-hybridized carbons (Fsp3) is 0.500. The van der Waals surface area contributed by atoms with Gasteiger partial charge < -0.3 is 9.80 Å². The Balaban J connectivity index is 1.19. The van der Waals surface area contributed by atoms with Gasteiger partial charge in [0.25, 0.3) is 5.91 Å². The van der Waals surface area contributed by atoms with Gasteiger partial charge in [0.05, 0.1) is 17.6 Å². The third kappa shape index (κ3) is 4.93. The minimum Gasteiger partial charge on any atom is -0.335 e. The predicted molar refractivity (Wildman–Crippen MR) is 129 cm³/mol. The highest BCUT2D eigenvalue weighted by Gasteiger charge is 2.31. The smallest absolute Gasteiger partial charge is 0.274 e. The predicted octanol–water partition coefficient (Wildman–Crippen LogP) is 0.998. The molecule has 3 aliphatic heterocycles. The number of piperidine rings is 1. The van der Waals surface area contributed by atoms with Gasteiger partial charge in [-0.1, -0.05) is 6.42 Å². The van der Waals surface area contributed by atoms with Crippen molar-refractivity contribution in [2.24, 2.45) is 0 Å². The van der Waals surface area contributed by atoms with Crippen molar-refractivity contribution in [3.8, 4) is 0 Å². The Hall–Kier alpha value is -2.89. The topological polar surface area (TPSA) is 107 Å². The number of rotatable bonds is 5. The van der Waals surface area contributed by atoms with Crippen molar-refractivity contribution >= 4 is 27.5 Å². The molecule has 3 aliphatic rings. The van der Waals surface area contributed by atoms with E-state index < -0.39 is 10.0 Å². The summed E-state index contributed by atoms with van der Waals surface area (Å²) in [5, 5.41) is 0. The normalized spacial score (nSPS) is 19.5. The molecule has 186 valence electrons. The molecule has 35 heavy (non-hydrogen) atoms. The van der Waals surface area contributed by atoms with E-state index >= 15 is 0 Å². The van der Waals surface area contributed by atoms with Crippen LogP contribution in [0, 0.1) is 0 Å². The van der Waals surface area contributed by atoms with Crippen molar-refractivity contribution in [3.05, 3.63) is 48.0 Å². The average molecular weight is 499 g/mol. The van der Waals surface area contributed by atoms with Gasteiger partial charge in [-0.15, -0.1) is 0 Å². The first kappa shape index (κ1) is 23.8. The molecule has 11 heteroatoms. The van der Waals surface area contributed by atoms with Gasteiger partial charge in [0.15, 0.2) is 0 Å². The minimum atomic E-state index is -3.50. The van der Waals surface area contributed by atoms with Crippen LogP contribution in [-0.2, 0) is 21.2 Å². The van der Waals surface area contributed by atoms with Crippen LogP contribution in [0.5, 0.6) is 0 Å². The number of hydrogen-bond acceptors (Lipinski definition) is 7. The van der Waals surface area contributed by atoms with Gasteiger partial charge in [-0.3, -0.25) is 19.5 Å². The first-order chi connectivity index (χ1) is 16.9. The number of carbonyl (C=O) groups is 2. The molecule has 4 heterocycles. The van der Waals surface area contributed by atoms with Crippen molar-refractivity contribution < 1.29 is 18.0 Å². The summed E-state index contributed by atoms with van der Waals surface area (Å²) in [7, 11) is -3.50. The number of aromatic nitrogens is 2. The largest absolute Gasteiger partial charge is 0.335 e. The lowest BCUT2D eigenvalue weighted by molar-refractivity contribution is -0.120. The van der Waals surface area contributed by atoms with E-state index in [2.05, 4.69) is 14.9 Å². The zero-order valence-electron chi connectivity index (χ0n) is 19.7. The maximum Gasteiger partial charge on any atom is 0.274 e. The van der Waals surface area contributed by atoms with E-state index in [9.17, 15) is 18.0 Å². The molecule has 0 bridgehead atoms. The molecule has 0 unspecified atom stereocenters. The van der Waals surface area contributed by atoms with E-state index in [1.807, 2.05) is 0 Å². The lowest BCUT2D eigenvalue weighted by Crippen LogP contribution is -2.51. The van der Waals surface area contributed by atoms with Gasteiger partial charge in [-0.05, 0) is 43.0 Å². The monoisotopic (exact) mass is 498 g/mol. The second-order valence-electron chi connectivity index (χ2n) is 9.21. The SMILES string of the molecule is O=C(c1cnccn1)N1CCN(CC(=O)N2CCc3cc(S(=O)(=O)N4CCCCC4)ccc32)CC1. The first-order valence-corrected chi connectivity index (χ1v) is 13.6. The molecular formula is C24H30N6O4S. The van der Waals surface area contributed by atoms with Gasteiger partial charge in [-0.2, -0.15) is 4.31 Å². The molecule has 1 aromatic carbocycles. The van der Waals surface area contributed by atoms with Crippen LogP contribution in [-0.4, -0.2) is 96.7 Å². The first-order valence-electron chi connectivity index (χ1n) is 12.1. The average Bonchev–Trinajstić information content (AvgIpc) is 3.33. The number of hydrogen-bond donors (Lipinski definition) is 0. The van der Waals surface area contributed by atoms with Crippen molar-refractivity contribution in [2.75, 3.05) is 57.3 Å². The van der Waals surface area contributed by atoms with E-state index in [1.165, 1.54) is 18.6 Å². The van der Waals surface area contributed by atoms with Crippen LogP contribution in [0.4, 0.5) is 5.69 Å². The summed E-state index contributed by atoms with van der Waals surface area (Å²) in [5.74, 6) is -0.156. The Morgan fingerprint density at radius 1 is 0.914 bits per heavy atom. The lowest BCUT2D eigenvalue weighted by Gasteiger charge is -2.34. The summed E-state index contributed by atoms with van der Waals surface area (Å²) in [6.45, 7) is 4.21. The van der Waals surface area contributed by atoms with Gasteiger partial charge in [0, 0.05) is 63.9 Å². The van der Waals surface area contributed by atoms with E-state index in [0.717, 1.165) is 30.5 Å². The fourth-order valence-electron chi connectivity index (χ4n) is 5.01. The Morgan fingerprint density at radius 2 is 1.69 bits per heavy atom. The summed E-state index contributed by atoms with van der Waals surface area (Å²) in [5.41, 5.74) is 2.02. The number of benzene rings is 1. The van der Waals surface area contributed by atoms with E-state index in [1.54, 1.807) is 32.3 Å². The van der Waals surface area contributed by atoms with E-state index in [0.29, 0.717) is 62.8 Å². The number of nitrogens with zero attached hydrogens (tertiary/aromatic N) is 6. The van der Waals surface area contributed by atoms with Crippen molar-refractivity contribution in [3.63, 3.8) is 0 Å². The molecule has 2 fully saturated rings. The zero-order valence-corrected chi connectivity index (χ0v) is 20.5. The van der Waals surface area contributed by atoms with Crippen molar-refractivity contribution in [2.45, 2.75) is 30.6 Å². The number of piperazine rings is 1. The van der Waals surface area contributed by atoms with Crippen LogP contribution < -0.4 is 4.90 Å². The van der Waals surface area contributed by atoms with Crippen LogP contribution in [0.3, 0.4) is 0 Å². The Morgan fingerprint density at radius 3 is 2.40 bits per heavy atom. The van der Waals surface area contributed by atoms with Crippen LogP contribution in [0.2, 0.25) is 0 Å². The van der Waals surface area contributed by atoms with Crippen LogP contribution in [0.1, 0.15) is 35.3 Å². The summed E-state index contributed by atoms with van der Waals surface area (Å²) < 4.78 is 27.6. The van der Waals surface area contributed by atoms with Crippen molar-refractivity contribution in [1.82, 2.24) is 24.1 Å². The lowest BCUT2D eigenvalue weighted by atomic mass is 10.2. The third-order valence-corrected chi connectivity index (χ3v) is 8.90. The molecule has 0 atom stereocenters. The molecule has 0 aliphatic carbocycles. The van der Waals surface area contributed by atoms with E-state index in [4.69, 9.17) is 0 Å². The second kappa shape index (κ2) is 10.00. The maximum absolute atomic E-state index is 13.1. The van der Waals surface area contributed by atoms with Crippen LogP contribution in [0.25, 0.3) is 0 Å². The highest BCUT2D eigenvalue weighted by molar-refractivity contribution is 7.89. The molecule has 0 saturated carbocycles. The summed E-state index contributed by atoms with van der Waals surface area (Å²) in [6, 6.07) is 5.14. The van der Waals surface area contributed by atoms with Crippen LogP contribution in [0.15, 0.2) is 41.7 Å². The van der Waals surface area contributed by atoms with E-state index in [-0.39, 0.29) is 18.4 Å².